The van der Waals surface area contributed by atoms with Crippen molar-refractivity contribution in [3.05, 3.63) is 75.7 Å². The van der Waals surface area contributed by atoms with E-state index in [-0.39, 0.29) is 36.7 Å². The first kappa shape index (κ1) is 34.0. The van der Waals surface area contributed by atoms with E-state index >= 15 is 0 Å². The van der Waals surface area contributed by atoms with Gasteiger partial charge in [0.1, 0.15) is 6.04 Å². The van der Waals surface area contributed by atoms with Crippen molar-refractivity contribution in [2.75, 3.05) is 13.1 Å². The van der Waals surface area contributed by atoms with Crippen LogP contribution in [0, 0.1) is 23.7 Å². The zero-order valence-corrected chi connectivity index (χ0v) is 29.4. The van der Waals surface area contributed by atoms with Crippen LogP contribution >= 0.6 is 11.3 Å². The molecule has 2 N–H and O–H groups in total. The van der Waals surface area contributed by atoms with Gasteiger partial charge in [-0.3, -0.25) is 14.4 Å². The Hall–Kier alpha value is -3.85. The summed E-state index contributed by atoms with van der Waals surface area (Å²) in [6.07, 6.45) is 15.6. The van der Waals surface area contributed by atoms with E-state index in [1.54, 1.807) is 6.07 Å². The molecule has 1 aliphatic heterocycles. The van der Waals surface area contributed by atoms with Crippen LogP contribution < -0.4 is 5.32 Å². The molecule has 3 heterocycles. The topological polar surface area (TPSA) is 112 Å². The van der Waals surface area contributed by atoms with Crippen LogP contribution in [-0.2, 0) is 21.4 Å². The summed E-state index contributed by atoms with van der Waals surface area (Å²) in [7, 11) is 0. The van der Waals surface area contributed by atoms with Gasteiger partial charge in [-0.1, -0.05) is 70.9 Å². The number of likely N-dealkylation sites (tertiary alicyclic amines) is 1. The molecule has 1 aromatic carbocycles. The molecule has 2 aliphatic carbocycles. The maximum Gasteiger partial charge on any atom is 0.310 e. The van der Waals surface area contributed by atoms with Crippen molar-refractivity contribution in [2.45, 2.75) is 90.5 Å². The van der Waals surface area contributed by atoms with Crippen LogP contribution in [0.2, 0.25) is 0 Å². The van der Waals surface area contributed by atoms with Crippen LogP contribution in [0.4, 0.5) is 0 Å². The second-order valence-electron chi connectivity index (χ2n) is 15.2. The number of hydrogen-bond donors (Lipinski definition) is 2. The maximum absolute atomic E-state index is 13.5. The summed E-state index contributed by atoms with van der Waals surface area (Å²) >= 11 is 1.42. The summed E-state index contributed by atoms with van der Waals surface area (Å²) < 4.78 is 0. The maximum atomic E-state index is 13.5. The molecule has 2 fully saturated rings. The number of aliphatic carboxylic acids is 1. The van der Waals surface area contributed by atoms with Gasteiger partial charge in [0.2, 0.25) is 5.91 Å². The van der Waals surface area contributed by atoms with Gasteiger partial charge in [-0.05, 0) is 78.5 Å². The Morgan fingerprint density at radius 2 is 1.62 bits per heavy atom. The third kappa shape index (κ3) is 7.88. The molecule has 1 saturated heterocycles. The number of hydrogen-bond acceptors (Lipinski definition) is 6. The molecule has 6 rings (SSSR count). The molecule has 48 heavy (non-hydrogen) atoms. The molecule has 8 nitrogen and oxygen atoms in total. The lowest BCUT2D eigenvalue weighted by Crippen LogP contribution is -2.59. The highest BCUT2D eigenvalue weighted by molar-refractivity contribution is 7.14. The first-order chi connectivity index (χ1) is 22.9. The summed E-state index contributed by atoms with van der Waals surface area (Å²) in [5.74, 6) is 1.17. The average Bonchev–Trinajstić information content (AvgIpc) is 3.56. The lowest BCUT2D eigenvalue weighted by molar-refractivity contribution is -0.153. The molecule has 3 aliphatic rings. The van der Waals surface area contributed by atoms with Crippen molar-refractivity contribution in [1.29, 1.82) is 0 Å². The number of allylic oxidation sites excluding steroid dienone is 2. The van der Waals surface area contributed by atoms with Gasteiger partial charge in [-0.2, -0.15) is 0 Å². The van der Waals surface area contributed by atoms with E-state index in [0.29, 0.717) is 10.7 Å². The smallest absolute Gasteiger partial charge is 0.310 e. The van der Waals surface area contributed by atoms with Gasteiger partial charge in [0.15, 0.2) is 5.82 Å². The molecule has 2 amide bonds. The summed E-state index contributed by atoms with van der Waals surface area (Å²) in [6, 6.07) is 10.7. The molecule has 0 spiro atoms. The minimum atomic E-state index is -0.910. The Morgan fingerprint density at radius 3 is 2.21 bits per heavy atom. The minimum absolute atomic E-state index is 0.0856. The van der Waals surface area contributed by atoms with Gasteiger partial charge < -0.3 is 15.3 Å². The molecule has 2 atom stereocenters. The second kappa shape index (κ2) is 14.3. The van der Waals surface area contributed by atoms with Crippen LogP contribution in [0.5, 0.6) is 0 Å². The first-order valence-electron chi connectivity index (χ1n) is 17.5. The Labute approximate surface area is 288 Å². The molecule has 3 aromatic rings. The largest absolute Gasteiger partial charge is 0.481 e. The molecule has 254 valence electrons. The number of nitrogens with zero attached hydrogens (tertiary/aromatic N) is 3. The Kier molecular flexibility index (Phi) is 10.2. The van der Waals surface area contributed by atoms with Gasteiger partial charge in [0, 0.05) is 47.9 Å². The number of nitrogens with one attached hydrogen (secondary N) is 1. The second-order valence-corrected chi connectivity index (χ2v) is 16.3. The quantitative estimate of drug-likeness (QED) is 0.246. The first-order valence-corrected chi connectivity index (χ1v) is 18.3. The fourth-order valence-corrected chi connectivity index (χ4v) is 8.27. The fraction of sp³-hybridized carbons (Fsp3) is 0.513. The summed E-state index contributed by atoms with van der Waals surface area (Å²) in [5, 5.41) is 12.3. The number of rotatable bonds is 9. The Bertz CT molecular complexity index is 1640. The third-order valence-electron chi connectivity index (χ3n) is 10.6. The van der Waals surface area contributed by atoms with Crippen molar-refractivity contribution >= 4 is 34.7 Å². The van der Waals surface area contributed by atoms with Crippen LogP contribution in [0.15, 0.2) is 54.9 Å². The number of carboxylic acid groups (broad SMARTS) is 1. The van der Waals surface area contributed by atoms with E-state index in [4.69, 9.17) is 9.97 Å². The molecular weight excluding hydrogens is 621 g/mol. The van der Waals surface area contributed by atoms with Crippen LogP contribution in [-0.4, -0.2) is 56.9 Å². The monoisotopic (exact) mass is 668 g/mol. The lowest BCUT2D eigenvalue weighted by atomic mass is 9.71. The SMILES string of the molecule is CC1CCC(C2CC=C(c3cnc(-c4ccc(C[C@H](NC(=O)c5ccc(C(C)(C)C)s5)C(=O)N5CC(C(=O)O)C5)cc4)nc3)CC2)CC1. The number of amides is 2. The van der Waals surface area contributed by atoms with Crippen LogP contribution in [0.3, 0.4) is 0 Å². The van der Waals surface area contributed by atoms with Crippen molar-refractivity contribution in [1.82, 2.24) is 20.2 Å². The summed E-state index contributed by atoms with van der Waals surface area (Å²) in [5.41, 5.74) is 4.11. The molecule has 0 bridgehead atoms. The van der Waals surface area contributed by atoms with E-state index in [2.05, 4.69) is 39.1 Å². The van der Waals surface area contributed by atoms with Gasteiger partial charge >= 0.3 is 5.97 Å². The van der Waals surface area contributed by atoms with Gasteiger partial charge in [0.05, 0.1) is 10.8 Å². The molecule has 1 unspecified atom stereocenters. The molecule has 2 aromatic heterocycles. The highest BCUT2D eigenvalue weighted by Gasteiger charge is 2.39. The zero-order chi connectivity index (χ0) is 34.0. The van der Waals surface area contributed by atoms with Crippen LogP contribution in [0.1, 0.15) is 98.3 Å². The highest BCUT2D eigenvalue weighted by atomic mass is 32.1. The predicted molar refractivity (Wildman–Crippen MR) is 190 cm³/mol. The van der Waals surface area contributed by atoms with E-state index in [1.807, 2.05) is 42.7 Å². The third-order valence-corrected chi connectivity index (χ3v) is 12.1. The predicted octanol–water partition coefficient (Wildman–Crippen LogP) is 7.40. The van der Waals surface area contributed by atoms with E-state index in [9.17, 15) is 19.5 Å². The lowest BCUT2D eigenvalue weighted by Gasteiger charge is -2.38. The number of carbonyl (C=O) groups excluding carboxylic acids is 2. The average molecular weight is 669 g/mol. The van der Waals surface area contributed by atoms with E-state index in [1.165, 1.54) is 53.9 Å². The standard InChI is InChI=1S/C39H48N4O4S/c1-24-5-9-26(10-6-24)27-13-15-28(16-14-27)30-20-40-35(41-21-30)29-11-7-25(8-12-29)19-32(37(45)43-22-31(23-43)38(46)47)42-36(44)33-17-18-34(48-33)39(2,3)4/h7-8,11-12,15,17-18,20-21,24,26-27,31-32H,5-6,9-10,13-14,16,19,22-23H2,1-4H3,(H,42,44)(H,46,47)/t24?,26?,27?,32-/m0/s1. The van der Waals surface area contributed by atoms with E-state index in [0.717, 1.165) is 52.2 Å². The number of benzene rings is 1. The summed E-state index contributed by atoms with van der Waals surface area (Å²) in [6.45, 7) is 8.98. The van der Waals surface area contributed by atoms with Crippen LogP contribution in [0.25, 0.3) is 17.0 Å². The van der Waals surface area contributed by atoms with Gasteiger partial charge in [-0.25, -0.2) is 9.97 Å². The van der Waals surface area contributed by atoms with E-state index < -0.39 is 17.9 Å². The number of carboxylic acids is 1. The van der Waals surface area contributed by atoms with Crippen molar-refractivity contribution in [3.63, 3.8) is 0 Å². The summed E-state index contributed by atoms with van der Waals surface area (Å²) in [4.78, 5) is 50.7. The molecule has 9 heteroatoms. The zero-order valence-electron chi connectivity index (χ0n) is 28.6. The number of aromatic nitrogens is 2. The van der Waals surface area contributed by atoms with Gasteiger partial charge in [-0.15, -0.1) is 11.3 Å². The van der Waals surface area contributed by atoms with Crippen molar-refractivity contribution in [2.24, 2.45) is 23.7 Å². The number of carbonyl (C=O) groups is 3. The number of thiophene rings is 1. The Morgan fingerprint density at radius 1 is 0.938 bits per heavy atom. The molecule has 0 radical (unpaired) electrons. The van der Waals surface area contributed by atoms with Gasteiger partial charge in [0.25, 0.3) is 5.91 Å². The fourth-order valence-electron chi connectivity index (χ4n) is 7.30. The highest BCUT2D eigenvalue weighted by Crippen LogP contribution is 2.41. The normalized spacial score (nSPS) is 22.4. The van der Waals surface area contributed by atoms with Crippen molar-refractivity contribution < 1.29 is 19.5 Å². The minimum Gasteiger partial charge on any atom is -0.481 e. The molecule has 1 saturated carbocycles. The molecular formula is C39H48N4O4S. The van der Waals surface area contributed by atoms with Crippen molar-refractivity contribution in [3.8, 4) is 11.4 Å². The Balaban J connectivity index is 1.10.